The number of nitrogens with one attached hydrogen (secondary N) is 1. The second-order valence-electron chi connectivity index (χ2n) is 6.85. The highest BCUT2D eigenvalue weighted by atomic mass is 32.1. The molecule has 0 aliphatic carbocycles. The number of ketones is 1. The average molecular weight is 448 g/mol. The van der Waals surface area contributed by atoms with E-state index in [-0.39, 0.29) is 23.2 Å². The summed E-state index contributed by atoms with van der Waals surface area (Å²) in [6.45, 7) is 2.84. The normalized spacial score (nSPS) is 10.7. The maximum Gasteiger partial charge on any atom is 0.264 e. The van der Waals surface area contributed by atoms with Crippen LogP contribution in [0.25, 0.3) is 11.3 Å². The predicted molar refractivity (Wildman–Crippen MR) is 112 cm³/mol. The topological polar surface area (TPSA) is 68.3 Å². The Morgan fingerprint density at radius 3 is 2.35 bits per heavy atom. The van der Waals surface area contributed by atoms with Gasteiger partial charge in [-0.3, -0.25) is 10.1 Å². The molecule has 0 aliphatic rings. The van der Waals surface area contributed by atoms with Crippen molar-refractivity contribution in [3.8, 4) is 17.0 Å². The number of anilines is 1. The quantitative estimate of drug-likeness (QED) is 0.522. The zero-order valence-corrected chi connectivity index (χ0v) is 17.6. The lowest BCUT2D eigenvalue weighted by atomic mass is 10.1. The van der Waals surface area contributed by atoms with E-state index in [9.17, 15) is 22.8 Å². The molecule has 31 heavy (non-hydrogen) atoms. The first-order chi connectivity index (χ1) is 14.7. The van der Waals surface area contributed by atoms with E-state index in [1.54, 1.807) is 19.1 Å². The van der Waals surface area contributed by atoms with Gasteiger partial charge in [0, 0.05) is 23.4 Å². The molecule has 5 nitrogen and oxygen atoms in total. The molecular formula is C22H19F3N2O3S. The van der Waals surface area contributed by atoms with E-state index in [1.807, 2.05) is 12.1 Å². The zero-order chi connectivity index (χ0) is 22.5. The van der Waals surface area contributed by atoms with E-state index < -0.39 is 28.9 Å². The molecule has 0 radical (unpaired) electrons. The summed E-state index contributed by atoms with van der Waals surface area (Å²) in [5, 5.41) is 2.67. The van der Waals surface area contributed by atoms with Crippen LogP contribution in [-0.4, -0.2) is 23.3 Å². The number of aromatic nitrogens is 1. The van der Waals surface area contributed by atoms with Crippen LogP contribution in [0.15, 0.2) is 36.4 Å². The number of hydrogen-bond acceptors (Lipinski definition) is 5. The smallest absolute Gasteiger partial charge is 0.264 e. The number of halogens is 3. The summed E-state index contributed by atoms with van der Waals surface area (Å²) in [7, 11) is 0. The molecular weight excluding hydrogens is 429 g/mol. The van der Waals surface area contributed by atoms with E-state index in [1.165, 1.54) is 6.92 Å². The predicted octanol–water partition coefficient (Wildman–Crippen LogP) is 5.07. The van der Waals surface area contributed by atoms with Gasteiger partial charge < -0.3 is 9.53 Å². The Hall–Kier alpha value is -3.20. The molecule has 0 aliphatic heterocycles. The van der Waals surface area contributed by atoms with Gasteiger partial charge in [-0.25, -0.2) is 18.2 Å². The summed E-state index contributed by atoms with van der Waals surface area (Å²) in [4.78, 5) is 27.7. The minimum absolute atomic E-state index is 0.00244. The number of ether oxygens (including phenoxy) is 1. The highest BCUT2D eigenvalue weighted by Crippen LogP contribution is 2.34. The summed E-state index contributed by atoms with van der Waals surface area (Å²) >= 11 is 1.04. The number of Topliss-reactive ketones (excluding diaryl/α,β-unsaturated/α-hetero) is 1. The number of benzene rings is 2. The van der Waals surface area contributed by atoms with Gasteiger partial charge in [0.15, 0.2) is 11.7 Å². The van der Waals surface area contributed by atoms with Crippen molar-refractivity contribution >= 4 is 28.2 Å². The Morgan fingerprint density at radius 2 is 1.74 bits per heavy atom. The third-order valence-electron chi connectivity index (χ3n) is 4.35. The van der Waals surface area contributed by atoms with Crippen LogP contribution in [-0.2, 0) is 16.0 Å². The van der Waals surface area contributed by atoms with Crippen LogP contribution < -0.4 is 10.1 Å². The summed E-state index contributed by atoms with van der Waals surface area (Å²) in [5.41, 5.74) is 0.534. The molecule has 0 spiro atoms. The molecule has 0 saturated heterocycles. The molecule has 0 fully saturated rings. The number of thiazole rings is 1. The number of carbonyl (C=O) groups is 2. The number of aryl methyl sites for hydroxylation is 2. The maximum atomic E-state index is 14.0. The van der Waals surface area contributed by atoms with Crippen molar-refractivity contribution in [2.24, 2.45) is 0 Å². The van der Waals surface area contributed by atoms with Crippen LogP contribution in [0.5, 0.6) is 5.75 Å². The van der Waals surface area contributed by atoms with Crippen molar-refractivity contribution in [1.29, 1.82) is 0 Å². The fourth-order valence-corrected chi connectivity index (χ4v) is 3.66. The lowest BCUT2D eigenvalue weighted by Crippen LogP contribution is -2.20. The number of amides is 1. The molecule has 0 atom stereocenters. The van der Waals surface area contributed by atoms with E-state index in [4.69, 9.17) is 4.74 Å². The minimum atomic E-state index is -1.07. The molecule has 3 rings (SSSR count). The summed E-state index contributed by atoms with van der Waals surface area (Å²) in [5.74, 6) is -3.07. The Balaban J connectivity index is 1.61. The van der Waals surface area contributed by atoms with Gasteiger partial charge >= 0.3 is 0 Å². The molecule has 3 aromatic rings. The lowest BCUT2D eigenvalue weighted by Gasteiger charge is -2.07. The SMILES string of the molecule is CC(=O)CCc1ccc(OCC(=O)Nc2nc(-c3c(F)cc(F)cc3F)c(C)s2)cc1. The molecule has 9 heteroatoms. The van der Waals surface area contributed by atoms with Crippen molar-refractivity contribution in [3.63, 3.8) is 0 Å². The van der Waals surface area contributed by atoms with E-state index in [0.717, 1.165) is 16.9 Å². The highest BCUT2D eigenvalue weighted by Gasteiger charge is 2.20. The van der Waals surface area contributed by atoms with Crippen LogP contribution in [0.2, 0.25) is 0 Å². The number of rotatable bonds is 8. The van der Waals surface area contributed by atoms with Gasteiger partial charge in [0.05, 0.1) is 11.3 Å². The number of hydrogen-bond donors (Lipinski definition) is 1. The first-order valence-corrected chi connectivity index (χ1v) is 10.2. The van der Waals surface area contributed by atoms with Gasteiger partial charge in [-0.15, -0.1) is 11.3 Å². The molecule has 0 bridgehead atoms. The Labute approximate surface area is 180 Å². The third kappa shape index (κ3) is 5.91. The number of nitrogens with zero attached hydrogens (tertiary/aromatic N) is 1. The molecule has 1 aromatic heterocycles. The minimum Gasteiger partial charge on any atom is -0.484 e. The second kappa shape index (κ2) is 9.74. The molecule has 1 heterocycles. The van der Waals surface area contributed by atoms with Crippen molar-refractivity contribution < 1.29 is 27.5 Å². The summed E-state index contributed by atoms with van der Waals surface area (Å²) < 4.78 is 46.6. The first kappa shape index (κ1) is 22.5. The molecule has 2 aromatic carbocycles. The molecule has 1 N–H and O–H groups in total. The Kier molecular flexibility index (Phi) is 7.06. The van der Waals surface area contributed by atoms with Crippen LogP contribution in [0.4, 0.5) is 18.3 Å². The van der Waals surface area contributed by atoms with Crippen molar-refractivity contribution in [2.45, 2.75) is 26.7 Å². The van der Waals surface area contributed by atoms with Crippen molar-refractivity contribution in [2.75, 3.05) is 11.9 Å². The highest BCUT2D eigenvalue weighted by molar-refractivity contribution is 7.16. The average Bonchev–Trinajstić information content (AvgIpc) is 3.04. The van der Waals surface area contributed by atoms with Gasteiger partial charge in [-0.1, -0.05) is 12.1 Å². The van der Waals surface area contributed by atoms with Gasteiger partial charge in [0.1, 0.15) is 29.0 Å². The fourth-order valence-electron chi connectivity index (χ4n) is 2.83. The molecule has 1 amide bonds. The lowest BCUT2D eigenvalue weighted by molar-refractivity contribution is -0.118. The van der Waals surface area contributed by atoms with Gasteiger partial charge in [-0.05, 0) is 38.0 Å². The van der Waals surface area contributed by atoms with Crippen LogP contribution in [0.1, 0.15) is 23.8 Å². The monoisotopic (exact) mass is 448 g/mol. The Morgan fingerprint density at radius 1 is 1.10 bits per heavy atom. The van der Waals surface area contributed by atoms with Crippen molar-refractivity contribution in [3.05, 3.63) is 64.3 Å². The summed E-state index contributed by atoms with van der Waals surface area (Å²) in [6.07, 6.45) is 1.10. The number of carbonyl (C=O) groups excluding carboxylic acids is 2. The van der Waals surface area contributed by atoms with E-state index in [0.29, 0.717) is 35.6 Å². The molecule has 162 valence electrons. The summed E-state index contributed by atoms with van der Waals surface area (Å²) in [6, 6.07) is 8.20. The largest absolute Gasteiger partial charge is 0.484 e. The zero-order valence-electron chi connectivity index (χ0n) is 16.8. The van der Waals surface area contributed by atoms with Crippen molar-refractivity contribution in [1.82, 2.24) is 4.98 Å². The fraction of sp³-hybridized carbons (Fsp3) is 0.227. The van der Waals surface area contributed by atoms with E-state index in [2.05, 4.69) is 10.3 Å². The van der Waals surface area contributed by atoms with Gasteiger partial charge in [0.2, 0.25) is 0 Å². The van der Waals surface area contributed by atoms with Gasteiger partial charge in [-0.2, -0.15) is 0 Å². The first-order valence-electron chi connectivity index (χ1n) is 9.36. The third-order valence-corrected chi connectivity index (χ3v) is 5.23. The second-order valence-corrected chi connectivity index (χ2v) is 8.05. The maximum absolute atomic E-state index is 14.0. The van der Waals surface area contributed by atoms with Crippen LogP contribution in [0, 0.1) is 24.4 Å². The standard InChI is InChI=1S/C22H19F3N2O3S/c1-12(28)3-4-14-5-7-16(8-6-14)30-11-19(29)26-22-27-21(13(2)31-22)20-17(24)9-15(23)10-18(20)25/h5-10H,3-4,11H2,1-2H3,(H,26,27,29). The molecule has 0 saturated carbocycles. The van der Waals surface area contributed by atoms with Crippen LogP contribution in [0.3, 0.4) is 0 Å². The van der Waals surface area contributed by atoms with Gasteiger partial charge in [0.25, 0.3) is 5.91 Å². The van der Waals surface area contributed by atoms with E-state index >= 15 is 0 Å². The molecule has 0 unspecified atom stereocenters. The Bertz CT molecular complexity index is 1090. The van der Waals surface area contributed by atoms with Crippen LogP contribution >= 0.6 is 11.3 Å².